The van der Waals surface area contributed by atoms with Crippen LogP contribution in [0.15, 0.2) is 0 Å². The predicted molar refractivity (Wildman–Crippen MR) is 67.5 cm³/mol. The van der Waals surface area contributed by atoms with Gasteiger partial charge in [-0.25, -0.2) is 0 Å². The van der Waals surface area contributed by atoms with Crippen LogP contribution in [0.25, 0.3) is 0 Å². The molecule has 9 heteroatoms. The predicted octanol–water partition coefficient (Wildman–Crippen LogP) is 0.489. The van der Waals surface area contributed by atoms with Crippen molar-refractivity contribution in [2.24, 2.45) is 0 Å². The quantitative estimate of drug-likeness (QED) is 0.862. The smallest absolute Gasteiger partial charge is 0.374 e. The number of alkyl halides is 3. The number of fused-ring (bicyclic) bond motifs is 1. The van der Waals surface area contributed by atoms with E-state index in [1.165, 1.54) is 4.57 Å². The summed E-state index contributed by atoms with van der Waals surface area (Å²) >= 11 is 0. The van der Waals surface area contributed by atoms with E-state index in [4.69, 9.17) is 4.74 Å². The van der Waals surface area contributed by atoms with E-state index < -0.39 is 12.0 Å². The van der Waals surface area contributed by atoms with Crippen LogP contribution < -0.4 is 5.32 Å². The van der Waals surface area contributed by atoms with Gasteiger partial charge in [0.15, 0.2) is 0 Å². The molecule has 2 aliphatic heterocycles. The van der Waals surface area contributed by atoms with Crippen molar-refractivity contribution in [1.82, 2.24) is 25.0 Å². The molecule has 3 heterocycles. The zero-order valence-corrected chi connectivity index (χ0v) is 11.7. The lowest BCUT2D eigenvalue weighted by Gasteiger charge is -2.38. The van der Waals surface area contributed by atoms with E-state index in [0.29, 0.717) is 25.5 Å². The first-order chi connectivity index (χ1) is 9.97. The van der Waals surface area contributed by atoms with Crippen molar-refractivity contribution in [2.75, 3.05) is 26.2 Å². The van der Waals surface area contributed by atoms with Gasteiger partial charge in [0.05, 0.1) is 19.3 Å². The molecule has 1 aromatic heterocycles. The number of nitrogens with one attached hydrogen (secondary N) is 1. The Bertz CT molecular complexity index is 498. The van der Waals surface area contributed by atoms with Gasteiger partial charge < -0.3 is 14.6 Å². The van der Waals surface area contributed by atoms with E-state index in [-0.39, 0.29) is 18.7 Å². The second-order valence-electron chi connectivity index (χ2n) is 5.41. The van der Waals surface area contributed by atoms with E-state index in [2.05, 4.69) is 20.4 Å². The molecule has 21 heavy (non-hydrogen) atoms. The SMILES string of the molecule is CC(C1CNCCO1)N1CCn2c(nnc2C(F)(F)F)C1. The lowest BCUT2D eigenvalue weighted by Crippen LogP contribution is -2.52. The molecule has 0 aliphatic carbocycles. The number of aromatic nitrogens is 3. The third-order valence-electron chi connectivity index (χ3n) is 4.11. The van der Waals surface area contributed by atoms with Crippen LogP contribution in [0, 0.1) is 0 Å². The van der Waals surface area contributed by atoms with Crippen molar-refractivity contribution < 1.29 is 17.9 Å². The van der Waals surface area contributed by atoms with E-state index in [9.17, 15) is 13.2 Å². The van der Waals surface area contributed by atoms with Crippen LogP contribution in [-0.2, 0) is 24.0 Å². The summed E-state index contributed by atoms with van der Waals surface area (Å²) < 4.78 is 45.3. The highest BCUT2D eigenvalue weighted by molar-refractivity contribution is 5.03. The molecule has 6 nitrogen and oxygen atoms in total. The van der Waals surface area contributed by atoms with Crippen LogP contribution in [0.5, 0.6) is 0 Å². The van der Waals surface area contributed by atoms with Crippen molar-refractivity contribution in [2.45, 2.75) is 38.3 Å². The van der Waals surface area contributed by atoms with Gasteiger partial charge in [0.2, 0.25) is 5.82 Å². The Morgan fingerprint density at radius 1 is 1.33 bits per heavy atom. The second-order valence-corrected chi connectivity index (χ2v) is 5.41. The van der Waals surface area contributed by atoms with Crippen LogP contribution >= 0.6 is 0 Å². The molecule has 1 aromatic rings. The summed E-state index contributed by atoms with van der Waals surface area (Å²) in [6, 6.07) is 0.123. The Morgan fingerprint density at radius 3 is 2.81 bits per heavy atom. The molecule has 1 saturated heterocycles. The van der Waals surface area contributed by atoms with Crippen LogP contribution in [0.2, 0.25) is 0 Å². The van der Waals surface area contributed by atoms with Crippen LogP contribution in [-0.4, -0.2) is 58.1 Å². The number of halogens is 3. The Hall–Kier alpha value is -1.19. The van der Waals surface area contributed by atoms with Gasteiger partial charge in [-0.1, -0.05) is 0 Å². The minimum absolute atomic E-state index is 0.0512. The number of morpholine rings is 1. The maximum absolute atomic E-state index is 12.8. The summed E-state index contributed by atoms with van der Waals surface area (Å²) in [6.45, 7) is 5.46. The second kappa shape index (κ2) is 5.54. The molecular weight excluding hydrogens is 287 g/mol. The van der Waals surface area contributed by atoms with Gasteiger partial charge in [-0.2, -0.15) is 13.2 Å². The minimum atomic E-state index is -4.45. The topological polar surface area (TPSA) is 55.2 Å². The Labute approximate surface area is 120 Å². The summed E-state index contributed by atoms with van der Waals surface area (Å²) in [5.41, 5.74) is 0. The highest BCUT2D eigenvalue weighted by Crippen LogP contribution is 2.30. The Balaban J connectivity index is 1.71. The molecule has 0 saturated carbocycles. The molecule has 2 aliphatic rings. The lowest BCUT2D eigenvalue weighted by atomic mass is 10.1. The first-order valence-electron chi connectivity index (χ1n) is 7.02. The first-order valence-corrected chi connectivity index (χ1v) is 7.02. The minimum Gasteiger partial charge on any atom is -0.374 e. The number of hydrogen-bond acceptors (Lipinski definition) is 5. The highest BCUT2D eigenvalue weighted by atomic mass is 19.4. The van der Waals surface area contributed by atoms with Gasteiger partial charge in [-0.3, -0.25) is 4.90 Å². The third-order valence-corrected chi connectivity index (χ3v) is 4.11. The standard InChI is InChI=1S/C12H18F3N5O/c1-8(9-6-16-2-5-21-9)19-3-4-20-10(7-19)17-18-11(20)12(13,14)15/h8-9,16H,2-7H2,1H3. The summed E-state index contributed by atoms with van der Waals surface area (Å²) in [5, 5.41) is 10.3. The van der Waals surface area contributed by atoms with Gasteiger partial charge in [0.1, 0.15) is 5.82 Å². The van der Waals surface area contributed by atoms with Crippen LogP contribution in [0.4, 0.5) is 13.2 Å². The van der Waals surface area contributed by atoms with Crippen molar-refractivity contribution in [3.05, 3.63) is 11.6 Å². The summed E-state index contributed by atoms with van der Waals surface area (Å²) in [5.74, 6) is -0.537. The summed E-state index contributed by atoms with van der Waals surface area (Å²) in [7, 11) is 0. The molecular formula is C12H18F3N5O. The monoisotopic (exact) mass is 305 g/mol. The molecule has 3 rings (SSSR count). The molecule has 0 bridgehead atoms. The molecule has 0 radical (unpaired) electrons. The maximum Gasteiger partial charge on any atom is 0.451 e. The highest BCUT2D eigenvalue weighted by Gasteiger charge is 2.40. The Kier molecular flexibility index (Phi) is 3.89. The number of ether oxygens (including phenoxy) is 1. The van der Waals surface area contributed by atoms with Crippen molar-refractivity contribution in [3.8, 4) is 0 Å². The normalized spacial score (nSPS) is 25.6. The molecule has 2 unspecified atom stereocenters. The first kappa shape index (κ1) is 14.7. The average molecular weight is 305 g/mol. The van der Waals surface area contributed by atoms with Gasteiger partial charge in [0, 0.05) is 32.2 Å². The van der Waals surface area contributed by atoms with Crippen molar-refractivity contribution in [3.63, 3.8) is 0 Å². The van der Waals surface area contributed by atoms with Gasteiger partial charge in [0.25, 0.3) is 0 Å². The summed E-state index contributed by atoms with van der Waals surface area (Å²) in [4.78, 5) is 2.10. The molecule has 0 aromatic carbocycles. The zero-order valence-electron chi connectivity index (χ0n) is 11.7. The van der Waals surface area contributed by atoms with Crippen molar-refractivity contribution in [1.29, 1.82) is 0 Å². The third kappa shape index (κ3) is 2.90. The van der Waals surface area contributed by atoms with E-state index >= 15 is 0 Å². The van der Waals surface area contributed by atoms with Gasteiger partial charge in [-0.15, -0.1) is 10.2 Å². The molecule has 0 spiro atoms. The number of hydrogen-bond donors (Lipinski definition) is 1. The summed E-state index contributed by atoms with van der Waals surface area (Å²) in [6.07, 6.45) is -4.40. The fourth-order valence-corrected chi connectivity index (χ4v) is 2.86. The van der Waals surface area contributed by atoms with Gasteiger partial charge >= 0.3 is 6.18 Å². The van der Waals surface area contributed by atoms with Crippen molar-refractivity contribution >= 4 is 0 Å². The molecule has 0 amide bonds. The van der Waals surface area contributed by atoms with Crippen LogP contribution in [0.3, 0.4) is 0 Å². The van der Waals surface area contributed by atoms with E-state index in [1.54, 1.807) is 0 Å². The lowest BCUT2D eigenvalue weighted by molar-refractivity contribution is -0.148. The van der Waals surface area contributed by atoms with Gasteiger partial charge in [-0.05, 0) is 6.92 Å². The van der Waals surface area contributed by atoms with E-state index in [1.807, 2.05) is 6.92 Å². The zero-order chi connectivity index (χ0) is 15.0. The average Bonchev–Trinajstić information content (AvgIpc) is 2.90. The molecule has 1 fully saturated rings. The Morgan fingerprint density at radius 2 is 2.14 bits per heavy atom. The number of nitrogens with zero attached hydrogens (tertiary/aromatic N) is 4. The largest absolute Gasteiger partial charge is 0.451 e. The molecule has 2 atom stereocenters. The molecule has 1 N–H and O–H groups in total. The molecule has 118 valence electrons. The fourth-order valence-electron chi connectivity index (χ4n) is 2.86. The van der Waals surface area contributed by atoms with E-state index in [0.717, 1.165) is 13.1 Å². The maximum atomic E-state index is 12.8. The fraction of sp³-hybridized carbons (Fsp3) is 0.833. The number of rotatable bonds is 2. The van der Waals surface area contributed by atoms with Crippen LogP contribution in [0.1, 0.15) is 18.6 Å².